The predicted molar refractivity (Wildman–Crippen MR) is 117 cm³/mol. The van der Waals surface area contributed by atoms with Crippen molar-refractivity contribution in [3.63, 3.8) is 0 Å². The molecule has 0 saturated heterocycles. The number of aryl methyl sites for hydroxylation is 1. The minimum absolute atomic E-state index is 0.0616. The first-order chi connectivity index (χ1) is 13.8. The van der Waals surface area contributed by atoms with Crippen LogP contribution in [0.25, 0.3) is 0 Å². The van der Waals surface area contributed by atoms with Gasteiger partial charge in [-0.2, -0.15) is 0 Å². The van der Waals surface area contributed by atoms with Crippen molar-refractivity contribution in [2.24, 2.45) is 0 Å². The minimum atomic E-state index is -0.216. The van der Waals surface area contributed by atoms with E-state index in [1.165, 1.54) is 0 Å². The van der Waals surface area contributed by atoms with Crippen LogP contribution in [0.1, 0.15) is 37.8 Å². The quantitative estimate of drug-likeness (QED) is 0.541. The molecule has 4 N–H and O–H groups in total. The van der Waals surface area contributed by atoms with E-state index < -0.39 is 0 Å². The molecule has 29 heavy (non-hydrogen) atoms. The highest BCUT2D eigenvalue weighted by atomic mass is 16.2. The minimum Gasteiger partial charge on any atom is -0.376 e. The molecule has 0 saturated carbocycles. The van der Waals surface area contributed by atoms with E-state index in [1.54, 1.807) is 32.0 Å². The van der Waals surface area contributed by atoms with Crippen LogP contribution in [0.2, 0.25) is 0 Å². The number of nitrogens with one attached hydrogen (secondary N) is 4. The molecular formula is C22H28N4O3. The number of carbonyl (C=O) groups is 3. The van der Waals surface area contributed by atoms with E-state index in [0.717, 1.165) is 22.5 Å². The number of hydrogen-bond acceptors (Lipinski definition) is 4. The third kappa shape index (κ3) is 6.34. The van der Waals surface area contributed by atoms with Gasteiger partial charge in [-0.1, -0.05) is 26.0 Å². The van der Waals surface area contributed by atoms with Gasteiger partial charge in [0.05, 0.1) is 6.54 Å². The summed E-state index contributed by atoms with van der Waals surface area (Å²) in [4.78, 5) is 35.6. The maximum atomic E-state index is 12.4. The Bertz CT molecular complexity index is 909. The van der Waals surface area contributed by atoms with E-state index in [4.69, 9.17) is 0 Å². The van der Waals surface area contributed by atoms with E-state index in [9.17, 15) is 14.4 Å². The Labute approximate surface area is 171 Å². The first-order valence-corrected chi connectivity index (χ1v) is 9.67. The van der Waals surface area contributed by atoms with Crippen LogP contribution in [0.3, 0.4) is 0 Å². The Morgan fingerprint density at radius 3 is 1.90 bits per heavy atom. The standard InChI is InChI=1S/C22H28N4O3/c1-5-20(27)24-17-8-7-9-18(15(17)4)25-22(29)13-23-16-11-10-14(3)19(12-16)26-21(28)6-2/h7-12,23H,5-6,13H2,1-4H3,(H,24,27)(H,25,29)(H,26,28). The molecule has 0 fully saturated rings. The Kier molecular flexibility index (Phi) is 7.77. The largest absolute Gasteiger partial charge is 0.376 e. The Morgan fingerprint density at radius 2 is 1.31 bits per heavy atom. The van der Waals surface area contributed by atoms with Gasteiger partial charge in [0.25, 0.3) is 0 Å². The molecule has 7 heteroatoms. The normalized spacial score (nSPS) is 10.2. The van der Waals surface area contributed by atoms with Gasteiger partial charge in [0.2, 0.25) is 17.7 Å². The van der Waals surface area contributed by atoms with Crippen molar-refractivity contribution >= 4 is 40.5 Å². The molecule has 2 aromatic carbocycles. The molecule has 2 rings (SSSR count). The molecule has 0 radical (unpaired) electrons. The maximum Gasteiger partial charge on any atom is 0.243 e. The highest BCUT2D eigenvalue weighted by Crippen LogP contribution is 2.24. The Hall–Kier alpha value is -3.35. The average Bonchev–Trinajstić information content (AvgIpc) is 2.71. The number of amides is 3. The number of benzene rings is 2. The fourth-order valence-electron chi connectivity index (χ4n) is 2.63. The summed E-state index contributed by atoms with van der Waals surface area (Å²) in [6.07, 6.45) is 0.786. The summed E-state index contributed by atoms with van der Waals surface area (Å²) in [5, 5.41) is 11.6. The van der Waals surface area contributed by atoms with Gasteiger partial charge < -0.3 is 21.3 Å². The van der Waals surface area contributed by atoms with Crippen LogP contribution in [0.4, 0.5) is 22.7 Å². The van der Waals surface area contributed by atoms with Gasteiger partial charge in [-0.3, -0.25) is 14.4 Å². The molecule has 0 unspecified atom stereocenters. The Balaban J connectivity index is 2.00. The third-order valence-electron chi connectivity index (χ3n) is 4.49. The lowest BCUT2D eigenvalue weighted by Gasteiger charge is -2.14. The second-order valence-electron chi connectivity index (χ2n) is 6.71. The fraction of sp³-hybridized carbons (Fsp3) is 0.318. The lowest BCUT2D eigenvalue weighted by atomic mass is 10.1. The van der Waals surface area contributed by atoms with Crippen molar-refractivity contribution < 1.29 is 14.4 Å². The molecule has 0 aliphatic rings. The van der Waals surface area contributed by atoms with Gasteiger partial charge in [-0.25, -0.2) is 0 Å². The van der Waals surface area contributed by atoms with Crippen molar-refractivity contribution in [1.82, 2.24) is 0 Å². The highest BCUT2D eigenvalue weighted by Gasteiger charge is 2.10. The molecular weight excluding hydrogens is 368 g/mol. The summed E-state index contributed by atoms with van der Waals surface area (Å²) in [7, 11) is 0. The number of rotatable bonds is 8. The maximum absolute atomic E-state index is 12.4. The van der Waals surface area contributed by atoms with Crippen LogP contribution in [0, 0.1) is 13.8 Å². The molecule has 0 bridgehead atoms. The lowest BCUT2D eigenvalue weighted by Crippen LogP contribution is -2.22. The van der Waals surface area contributed by atoms with Gasteiger partial charge in [0.1, 0.15) is 0 Å². The van der Waals surface area contributed by atoms with Crippen molar-refractivity contribution in [3.8, 4) is 0 Å². The molecule has 7 nitrogen and oxygen atoms in total. The predicted octanol–water partition coefficient (Wildman–Crippen LogP) is 4.05. The SMILES string of the molecule is CCC(=O)Nc1cc(NCC(=O)Nc2cccc(NC(=O)CC)c2C)ccc1C. The smallest absolute Gasteiger partial charge is 0.243 e. The van der Waals surface area contributed by atoms with E-state index in [2.05, 4.69) is 21.3 Å². The third-order valence-corrected chi connectivity index (χ3v) is 4.49. The van der Waals surface area contributed by atoms with E-state index >= 15 is 0 Å². The van der Waals surface area contributed by atoms with Crippen LogP contribution >= 0.6 is 0 Å². The summed E-state index contributed by atoms with van der Waals surface area (Å²) in [6.45, 7) is 7.40. The molecule has 3 amide bonds. The van der Waals surface area contributed by atoms with E-state index in [-0.39, 0.29) is 24.3 Å². The van der Waals surface area contributed by atoms with Crippen LogP contribution < -0.4 is 21.3 Å². The monoisotopic (exact) mass is 396 g/mol. The van der Waals surface area contributed by atoms with Gasteiger partial charge in [-0.15, -0.1) is 0 Å². The van der Waals surface area contributed by atoms with Crippen LogP contribution in [-0.2, 0) is 14.4 Å². The summed E-state index contributed by atoms with van der Waals surface area (Å²) in [5.74, 6) is -0.358. The van der Waals surface area contributed by atoms with Crippen molar-refractivity contribution in [2.45, 2.75) is 40.5 Å². The first kappa shape index (κ1) is 21.9. The van der Waals surface area contributed by atoms with Gasteiger partial charge in [0, 0.05) is 35.6 Å². The average molecular weight is 396 g/mol. The topological polar surface area (TPSA) is 99.3 Å². The zero-order valence-electron chi connectivity index (χ0n) is 17.3. The van der Waals surface area contributed by atoms with Gasteiger partial charge >= 0.3 is 0 Å². The second kappa shape index (κ2) is 10.3. The van der Waals surface area contributed by atoms with Crippen LogP contribution in [0.5, 0.6) is 0 Å². The molecule has 0 aliphatic heterocycles. The van der Waals surface area contributed by atoms with Crippen molar-refractivity contribution in [2.75, 3.05) is 27.8 Å². The van der Waals surface area contributed by atoms with Crippen molar-refractivity contribution in [3.05, 3.63) is 47.5 Å². The van der Waals surface area contributed by atoms with Crippen LogP contribution in [0.15, 0.2) is 36.4 Å². The zero-order valence-corrected chi connectivity index (χ0v) is 17.3. The molecule has 2 aromatic rings. The van der Waals surface area contributed by atoms with E-state index in [1.807, 2.05) is 32.0 Å². The summed E-state index contributed by atoms with van der Waals surface area (Å²) in [5.41, 5.74) is 4.52. The number of anilines is 4. The number of hydrogen-bond donors (Lipinski definition) is 4. The highest BCUT2D eigenvalue weighted by molar-refractivity contribution is 5.97. The molecule has 0 aliphatic carbocycles. The number of carbonyl (C=O) groups excluding carboxylic acids is 3. The summed E-state index contributed by atoms with van der Waals surface area (Å²) >= 11 is 0. The second-order valence-corrected chi connectivity index (χ2v) is 6.71. The molecule has 0 atom stereocenters. The molecule has 0 spiro atoms. The lowest BCUT2D eigenvalue weighted by molar-refractivity contribution is -0.116. The fourth-order valence-corrected chi connectivity index (χ4v) is 2.63. The molecule has 0 heterocycles. The molecule has 0 aromatic heterocycles. The van der Waals surface area contributed by atoms with E-state index in [0.29, 0.717) is 24.2 Å². The van der Waals surface area contributed by atoms with Gasteiger partial charge in [-0.05, 0) is 49.2 Å². The summed E-state index contributed by atoms with van der Waals surface area (Å²) < 4.78 is 0. The van der Waals surface area contributed by atoms with Crippen molar-refractivity contribution in [1.29, 1.82) is 0 Å². The molecule has 154 valence electrons. The first-order valence-electron chi connectivity index (χ1n) is 9.67. The summed E-state index contributed by atoms with van der Waals surface area (Å²) in [6, 6.07) is 10.9. The zero-order chi connectivity index (χ0) is 21.4. The Morgan fingerprint density at radius 1 is 0.759 bits per heavy atom. The van der Waals surface area contributed by atoms with Gasteiger partial charge in [0.15, 0.2) is 0 Å². The van der Waals surface area contributed by atoms with Crippen LogP contribution in [-0.4, -0.2) is 24.3 Å².